The lowest BCUT2D eigenvalue weighted by molar-refractivity contribution is -0.135. The Morgan fingerprint density at radius 2 is 2.21 bits per heavy atom. The summed E-state index contributed by atoms with van der Waals surface area (Å²) in [5.41, 5.74) is 1.22. The van der Waals surface area contributed by atoms with Gasteiger partial charge in [-0.05, 0) is 13.0 Å². The number of carboxylic acid groups (broad SMARTS) is 1. The van der Waals surface area contributed by atoms with Gasteiger partial charge in [0.05, 0.1) is 5.69 Å². The fraction of sp³-hybridized carbons (Fsp3) is 0.300. The monoisotopic (exact) mass is 284 g/mol. The molecule has 0 fully saturated rings. The van der Waals surface area contributed by atoms with Crippen molar-refractivity contribution in [2.24, 2.45) is 7.05 Å². The lowest BCUT2D eigenvalue weighted by atomic mass is 10.3. The van der Waals surface area contributed by atoms with Crippen LogP contribution in [-0.4, -0.2) is 40.8 Å². The molecule has 9 heteroatoms. The van der Waals surface area contributed by atoms with Crippen molar-refractivity contribution >= 4 is 27.0 Å². The molecule has 0 amide bonds. The van der Waals surface area contributed by atoms with Crippen LogP contribution in [0, 0.1) is 6.92 Å². The smallest absolute Gasteiger partial charge is 0.318 e. The van der Waals surface area contributed by atoms with E-state index in [4.69, 9.17) is 5.11 Å². The maximum absolute atomic E-state index is 11.9. The molecule has 2 aromatic rings. The Morgan fingerprint density at radius 3 is 2.84 bits per heavy atom. The highest BCUT2D eigenvalue weighted by molar-refractivity contribution is 7.89. The van der Waals surface area contributed by atoms with Crippen LogP contribution >= 0.6 is 0 Å². The average Bonchev–Trinajstić information content (AvgIpc) is 2.62. The van der Waals surface area contributed by atoms with Crippen molar-refractivity contribution in [3.63, 3.8) is 0 Å². The molecule has 0 aliphatic rings. The van der Waals surface area contributed by atoms with Crippen molar-refractivity contribution in [3.8, 4) is 0 Å². The number of fused-ring (bicyclic) bond motifs is 1. The van der Waals surface area contributed by atoms with Gasteiger partial charge in [0, 0.05) is 18.6 Å². The van der Waals surface area contributed by atoms with Gasteiger partial charge in [-0.1, -0.05) is 0 Å². The molecule has 8 nitrogen and oxygen atoms in total. The van der Waals surface area contributed by atoms with Gasteiger partial charge < -0.3 is 5.11 Å². The topological polar surface area (TPSA) is 114 Å². The van der Waals surface area contributed by atoms with E-state index in [0.29, 0.717) is 16.7 Å². The Kier molecular flexibility index (Phi) is 3.25. The van der Waals surface area contributed by atoms with Gasteiger partial charge in [0.25, 0.3) is 0 Å². The molecule has 0 aliphatic carbocycles. The summed E-state index contributed by atoms with van der Waals surface area (Å²) in [6.45, 7) is 1.07. The van der Waals surface area contributed by atoms with Crippen molar-refractivity contribution in [1.29, 1.82) is 0 Å². The van der Waals surface area contributed by atoms with Gasteiger partial charge in [0.1, 0.15) is 11.4 Å². The summed E-state index contributed by atoms with van der Waals surface area (Å²) in [6.07, 6.45) is 1.17. The zero-order chi connectivity index (χ0) is 14.2. The summed E-state index contributed by atoms with van der Waals surface area (Å²) in [7, 11) is -2.18. The van der Waals surface area contributed by atoms with Crippen molar-refractivity contribution in [2.45, 2.75) is 11.8 Å². The van der Waals surface area contributed by atoms with Crippen LogP contribution in [0.15, 0.2) is 17.2 Å². The molecule has 19 heavy (non-hydrogen) atoms. The average molecular weight is 284 g/mol. The van der Waals surface area contributed by atoms with Crippen molar-refractivity contribution in [3.05, 3.63) is 18.0 Å². The molecule has 0 aromatic carbocycles. The maximum atomic E-state index is 11.9. The Balaban J connectivity index is 2.46. The molecule has 2 aromatic heterocycles. The Labute approximate surface area is 109 Å². The minimum atomic E-state index is -3.88. The molecule has 2 N–H and O–H groups in total. The van der Waals surface area contributed by atoms with Gasteiger partial charge in [0.2, 0.25) is 10.0 Å². The molecule has 2 heterocycles. The summed E-state index contributed by atoms with van der Waals surface area (Å²) in [6, 6.07) is 1.43. The SMILES string of the molecule is Cc1nn(C)c2ncc(S(=O)(=O)NCC(=O)O)cc12. The number of carbonyl (C=O) groups is 1. The van der Waals surface area contributed by atoms with Gasteiger partial charge in [0.15, 0.2) is 5.65 Å². The fourth-order valence-electron chi connectivity index (χ4n) is 1.68. The largest absolute Gasteiger partial charge is 0.480 e. The summed E-state index contributed by atoms with van der Waals surface area (Å²) < 4.78 is 27.2. The second-order valence-electron chi connectivity index (χ2n) is 3.97. The number of pyridine rings is 1. The van der Waals surface area contributed by atoms with Crippen molar-refractivity contribution in [1.82, 2.24) is 19.5 Å². The van der Waals surface area contributed by atoms with E-state index in [1.165, 1.54) is 12.3 Å². The van der Waals surface area contributed by atoms with Crippen LogP contribution in [0.25, 0.3) is 11.0 Å². The highest BCUT2D eigenvalue weighted by Gasteiger charge is 2.18. The van der Waals surface area contributed by atoms with Crippen molar-refractivity contribution < 1.29 is 18.3 Å². The molecule has 0 bridgehead atoms. The second kappa shape index (κ2) is 4.59. The number of hydrogen-bond acceptors (Lipinski definition) is 5. The Morgan fingerprint density at radius 1 is 1.53 bits per heavy atom. The van der Waals surface area contributed by atoms with E-state index in [-0.39, 0.29) is 4.90 Å². The van der Waals surface area contributed by atoms with E-state index in [0.717, 1.165) is 0 Å². The number of sulfonamides is 1. The maximum Gasteiger partial charge on any atom is 0.318 e. The lowest BCUT2D eigenvalue weighted by Gasteiger charge is -2.04. The summed E-state index contributed by atoms with van der Waals surface area (Å²) in [4.78, 5) is 14.3. The molecule has 0 unspecified atom stereocenters. The summed E-state index contributed by atoms with van der Waals surface area (Å²) in [5.74, 6) is -1.25. The molecule has 0 aliphatic heterocycles. The fourth-order valence-corrected chi connectivity index (χ4v) is 2.62. The standard InChI is InChI=1S/C10H12N4O4S/c1-6-8-3-7(4-11-10(8)14(2)13-6)19(17,18)12-5-9(15)16/h3-4,12H,5H2,1-2H3,(H,15,16). The van der Waals surface area contributed by atoms with Crippen LogP contribution in [0.3, 0.4) is 0 Å². The number of aryl methyl sites for hydroxylation is 2. The van der Waals surface area contributed by atoms with Gasteiger partial charge in [-0.3, -0.25) is 9.48 Å². The van der Waals surface area contributed by atoms with Crippen molar-refractivity contribution in [2.75, 3.05) is 6.54 Å². The molecule has 0 saturated heterocycles. The number of nitrogens with one attached hydrogen (secondary N) is 1. The third-order valence-electron chi connectivity index (χ3n) is 2.56. The normalized spacial score (nSPS) is 11.9. The first-order chi connectivity index (χ1) is 8.81. The number of aliphatic carboxylic acids is 1. The quantitative estimate of drug-likeness (QED) is 0.792. The van der Waals surface area contributed by atoms with Gasteiger partial charge >= 0.3 is 5.97 Å². The zero-order valence-corrected chi connectivity index (χ0v) is 11.1. The summed E-state index contributed by atoms with van der Waals surface area (Å²) >= 11 is 0. The third kappa shape index (κ3) is 2.56. The first kappa shape index (κ1) is 13.4. The van der Waals surface area contributed by atoms with E-state index < -0.39 is 22.5 Å². The van der Waals surface area contributed by atoms with E-state index in [9.17, 15) is 13.2 Å². The first-order valence-corrected chi connectivity index (χ1v) is 6.80. The predicted octanol–water partition coefficient (Wildman–Crippen LogP) is -0.360. The Hall–Kier alpha value is -2.00. The van der Waals surface area contributed by atoms with E-state index in [1.807, 2.05) is 4.72 Å². The number of rotatable bonds is 4. The van der Waals surface area contributed by atoms with Crippen LogP contribution < -0.4 is 4.72 Å². The van der Waals surface area contributed by atoms with Gasteiger partial charge in [-0.2, -0.15) is 9.82 Å². The zero-order valence-electron chi connectivity index (χ0n) is 10.3. The minimum absolute atomic E-state index is 0.0858. The van der Waals surface area contributed by atoms with Crippen LogP contribution in [0.4, 0.5) is 0 Å². The molecular weight excluding hydrogens is 272 g/mol. The molecule has 2 rings (SSSR count). The molecular formula is C10H12N4O4S. The van der Waals surface area contributed by atoms with Crippen LogP contribution in [0.5, 0.6) is 0 Å². The highest BCUT2D eigenvalue weighted by Crippen LogP contribution is 2.18. The van der Waals surface area contributed by atoms with E-state index >= 15 is 0 Å². The number of nitrogens with zero attached hydrogens (tertiary/aromatic N) is 3. The van der Waals surface area contributed by atoms with Crippen LogP contribution in [0.2, 0.25) is 0 Å². The van der Waals surface area contributed by atoms with E-state index in [2.05, 4.69) is 10.1 Å². The first-order valence-electron chi connectivity index (χ1n) is 5.32. The molecule has 0 atom stereocenters. The highest BCUT2D eigenvalue weighted by atomic mass is 32.2. The second-order valence-corrected chi connectivity index (χ2v) is 5.74. The number of carboxylic acids is 1. The molecule has 0 radical (unpaired) electrons. The minimum Gasteiger partial charge on any atom is -0.480 e. The molecule has 102 valence electrons. The number of aromatic nitrogens is 3. The Bertz CT molecular complexity index is 750. The molecule has 0 spiro atoms. The molecule has 0 saturated carbocycles. The summed E-state index contributed by atoms with van der Waals surface area (Å²) in [5, 5.41) is 13.2. The lowest BCUT2D eigenvalue weighted by Crippen LogP contribution is -2.29. The number of hydrogen-bond donors (Lipinski definition) is 2. The third-order valence-corrected chi connectivity index (χ3v) is 3.93. The van der Waals surface area contributed by atoms with Gasteiger partial charge in [-0.25, -0.2) is 13.4 Å². The van der Waals surface area contributed by atoms with E-state index in [1.54, 1.807) is 18.7 Å². The predicted molar refractivity (Wildman–Crippen MR) is 66.1 cm³/mol. The van der Waals surface area contributed by atoms with Gasteiger partial charge in [-0.15, -0.1) is 0 Å². The van der Waals surface area contributed by atoms with Crippen LogP contribution in [0.1, 0.15) is 5.69 Å². The van der Waals surface area contributed by atoms with Crippen LogP contribution in [-0.2, 0) is 21.9 Å².